The Bertz CT molecular complexity index is 77.9. The maximum Gasteiger partial charge on any atom is 0.421 e. The van der Waals surface area contributed by atoms with E-state index in [0.717, 1.165) is 0 Å². The van der Waals surface area contributed by atoms with E-state index < -0.39 is 6.09 Å². The van der Waals surface area contributed by atoms with Crippen molar-refractivity contribution in [3.05, 3.63) is 0 Å². The summed E-state index contributed by atoms with van der Waals surface area (Å²) in [6.45, 7) is -0.250. The Kier molecular flexibility index (Phi) is 11.6. The van der Waals surface area contributed by atoms with Crippen molar-refractivity contribution >= 4 is 12.6 Å². The van der Waals surface area contributed by atoms with Gasteiger partial charge in [0.15, 0.2) is 0 Å². The van der Waals surface area contributed by atoms with Crippen molar-refractivity contribution in [2.75, 3.05) is 7.11 Å². The smallest absolute Gasteiger partial charge is 0.421 e. The number of nitrogens with two attached hydrogens (primary N) is 1. The number of carbonyl (C=O) groups is 2. The molecule has 0 aliphatic heterocycles. The zero-order valence-electron chi connectivity index (χ0n) is 4.83. The highest BCUT2D eigenvalue weighted by molar-refractivity contribution is 5.65. The van der Waals surface area contributed by atoms with Gasteiger partial charge in [-0.2, -0.15) is 0 Å². The summed E-state index contributed by atoms with van der Waals surface area (Å²) >= 11 is 0. The molecule has 0 spiro atoms. The minimum absolute atomic E-state index is 0.250. The van der Waals surface area contributed by atoms with E-state index in [0.29, 0.717) is 0 Å². The molecule has 6 nitrogen and oxygen atoms in total. The van der Waals surface area contributed by atoms with Crippen molar-refractivity contribution in [3.8, 4) is 0 Å². The highest BCUT2D eigenvalue weighted by atomic mass is 16.5. The molecule has 4 N–H and O–H groups in total. The maximum atomic E-state index is 9.72. The Morgan fingerprint density at radius 2 is 2.22 bits per heavy atom. The molecule has 0 saturated heterocycles. The fraction of sp³-hybridized carbons (Fsp3) is 0.333. The molecule has 0 heterocycles. The van der Waals surface area contributed by atoms with Crippen molar-refractivity contribution in [1.29, 1.82) is 0 Å². The Balaban J connectivity index is 0. The molecule has 0 bridgehead atoms. The minimum atomic E-state index is -0.630. The van der Waals surface area contributed by atoms with Crippen LogP contribution in [0.5, 0.6) is 0 Å². The minimum Gasteiger partial charge on any atom is -0.483 e. The van der Waals surface area contributed by atoms with Crippen LogP contribution in [0.25, 0.3) is 0 Å². The molecule has 0 unspecified atom stereocenters. The normalized spacial score (nSPS) is 6.00. The van der Waals surface area contributed by atoms with Gasteiger partial charge in [-0.1, -0.05) is 0 Å². The summed E-state index contributed by atoms with van der Waals surface area (Å²) < 4.78 is 4.02. The van der Waals surface area contributed by atoms with Crippen LogP contribution >= 0.6 is 0 Å². The van der Waals surface area contributed by atoms with Crippen molar-refractivity contribution in [1.82, 2.24) is 5.43 Å². The number of hydrogen-bond donors (Lipinski definition) is 3. The molecule has 0 atom stereocenters. The van der Waals surface area contributed by atoms with E-state index >= 15 is 0 Å². The van der Waals surface area contributed by atoms with Gasteiger partial charge in [0.2, 0.25) is 0 Å². The Labute approximate surface area is 51.6 Å². The van der Waals surface area contributed by atoms with Crippen LogP contribution in [0.3, 0.4) is 0 Å². The second-order valence-corrected chi connectivity index (χ2v) is 0.741. The molecule has 0 aliphatic carbocycles. The molecule has 0 saturated carbocycles. The lowest BCUT2D eigenvalue weighted by Crippen LogP contribution is -2.29. The van der Waals surface area contributed by atoms with Gasteiger partial charge in [0, 0.05) is 0 Å². The average Bonchev–Trinajstić information content (AvgIpc) is 1.88. The number of amides is 1. The Morgan fingerprint density at radius 1 is 1.89 bits per heavy atom. The lowest BCUT2D eigenvalue weighted by Gasteiger charge is -1.90. The van der Waals surface area contributed by atoms with Crippen LogP contribution in [0.2, 0.25) is 0 Å². The van der Waals surface area contributed by atoms with Crippen LogP contribution < -0.4 is 11.3 Å². The molecule has 0 aromatic heterocycles. The van der Waals surface area contributed by atoms with Crippen molar-refractivity contribution < 1.29 is 19.4 Å². The van der Waals surface area contributed by atoms with Crippen LogP contribution in [0, 0.1) is 0 Å². The molecule has 0 aromatic carbocycles. The SMILES string of the molecule is COC(=O)NN.O=CO. The second-order valence-electron chi connectivity index (χ2n) is 0.741. The van der Waals surface area contributed by atoms with Gasteiger partial charge in [-0.3, -0.25) is 10.2 Å². The monoisotopic (exact) mass is 136 g/mol. The lowest BCUT2D eigenvalue weighted by molar-refractivity contribution is -0.122. The first-order chi connectivity index (χ1) is 4.22. The number of rotatable bonds is 0. The van der Waals surface area contributed by atoms with Crippen LogP contribution in [-0.2, 0) is 9.53 Å². The van der Waals surface area contributed by atoms with Crippen LogP contribution in [0.1, 0.15) is 0 Å². The van der Waals surface area contributed by atoms with E-state index in [-0.39, 0.29) is 6.47 Å². The van der Waals surface area contributed by atoms with Gasteiger partial charge >= 0.3 is 6.09 Å². The van der Waals surface area contributed by atoms with E-state index in [1.165, 1.54) is 7.11 Å². The van der Waals surface area contributed by atoms with Crippen LogP contribution in [-0.4, -0.2) is 24.8 Å². The van der Waals surface area contributed by atoms with Gasteiger partial charge in [-0.25, -0.2) is 10.6 Å². The molecular formula is C3H8N2O4. The predicted octanol–water partition coefficient (Wildman–Crippen LogP) is -1.08. The van der Waals surface area contributed by atoms with Crippen molar-refractivity contribution in [3.63, 3.8) is 0 Å². The number of ether oxygens (including phenoxy) is 1. The van der Waals surface area contributed by atoms with Gasteiger partial charge in [0.1, 0.15) is 0 Å². The number of hydrogen-bond acceptors (Lipinski definition) is 4. The zero-order chi connectivity index (χ0) is 7.70. The molecule has 0 aromatic rings. The van der Waals surface area contributed by atoms with Gasteiger partial charge in [-0.15, -0.1) is 0 Å². The molecule has 6 heteroatoms. The van der Waals surface area contributed by atoms with Gasteiger partial charge < -0.3 is 9.84 Å². The van der Waals surface area contributed by atoms with E-state index in [2.05, 4.69) is 10.6 Å². The summed E-state index contributed by atoms with van der Waals surface area (Å²) in [7, 11) is 1.24. The number of nitrogens with one attached hydrogen (secondary N) is 1. The van der Waals surface area contributed by atoms with E-state index in [1.54, 1.807) is 5.43 Å². The third kappa shape index (κ3) is 20.3. The average molecular weight is 136 g/mol. The summed E-state index contributed by atoms with van der Waals surface area (Å²) in [5, 5.41) is 6.89. The first kappa shape index (κ1) is 10.6. The number of carboxylic acid groups (broad SMARTS) is 1. The van der Waals surface area contributed by atoms with Crippen LogP contribution in [0.4, 0.5) is 4.79 Å². The molecule has 1 amide bonds. The quantitative estimate of drug-likeness (QED) is 0.170. The second kappa shape index (κ2) is 9.85. The fourth-order valence-corrected chi connectivity index (χ4v) is 0.0589. The summed E-state index contributed by atoms with van der Waals surface area (Å²) in [5.74, 6) is 4.56. The number of methoxy groups -OCH3 is 1. The van der Waals surface area contributed by atoms with E-state index in [9.17, 15) is 4.79 Å². The maximum absolute atomic E-state index is 9.72. The summed E-state index contributed by atoms with van der Waals surface area (Å²) in [4.78, 5) is 18.1. The summed E-state index contributed by atoms with van der Waals surface area (Å²) in [6, 6.07) is 0. The van der Waals surface area contributed by atoms with E-state index in [4.69, 9.17) is 9.90 Å². The van der Waals surface area contributed by atoms with Gasteiger partial charge in [-0.05, 0) is 0 Å². The van der Waals surface area contributed by atoms with Gasteiger partial charge in [0.05, 0.1) is 7.11 Å². The van der Waals surface area contributed by atoms with E-state index in [1.807, 2.05) is 0 Å². The standard InChI is InChI=1S/C2H6N2O2.CH2O2/c1-6-2(5)4-3;2-1-3/h3H2,1H3,(H,4,5);1H,(H,2,3). The molecule has 0 fully saturated rings. The molecule has 9 heavy (non-hydrogen) atoms. The molecule has 0 radical (unpaired) electrons. The predicted molar refractivity (Wildman–Crippen MR) is 28.4 cm³/mol. The highest BCUT2D eigenvalue weighted by Gasteiger charge is 1.85. The molecule has 0 rings (SSSR count). The Morgan fingerprint density at radius 3 is 2.22 bits per heavy atom. The topological polar surface area (TPSA) is 102 Å². The van der Waals surface area contributed by atoms with Gasteiger partial charge in [0.25, 0.3) is 6.47 Å². The molecular weight excluding hydrogens is 128 g/mol. The number of hydrazine groups is 1. The zero-order valence-corrected chi connectivity index (χ0v) is 4.83. The first-order valence-electron chi connectivity index (χ1n) is 1.85. The summed E-state index contributed by atoms with van der Waals surface area (Å²) in [5.41, 5.74) is 1.75. The van der Waals surface area contributed by atoms with Crippen molar-refractivity contribution in [2.45, 2.75) is 0 Å². The highest BCUT2D eigenvalue weighted by Crippen LogP contribution is 1.60. The Hall–Kier alpha value is -1.30. The summed E-state index contributed by atoms with van der Waals surface area (Å²) in [6.07, 6.45) is -0.630. The van der Waals surface area contributed by atoms with Crippen molar-refractivity contribution in [2.24, 2.45) is 5.84 Å². The first-order valence-corrected chi connectivity index (χ1v) is 1.85. The largest absolute Gasteiger partial charge is 0.483 e. The number of carbonyl (C=O) groups excluding carboxylic acids is 1. The molecule has 54 valence electrons. The fourth-order valence-electron chi connectivity index (χ4n) is 0.0589. The van der Waals surface area contributed by atoms with Crippen LogP contribution in [0.15, 0.2) is 0 Å². The lowest BCUT2D eigenvalue weighted by atomic mass is 11.2. The third-order valence-corrected chi connectivity index (χ3v) is 0.303. The third-order valence-electron chi connectivity index (χ3n) is 0.303. The molecule has 0 aliphatic rings.